The highest BCUT2D eigenvalue weighted by atomic mass is 19.1. The molecule has 2 aromatic rings. The van der Waals surface area contributed by atoms with Gasteiger partial charge in [-0.2, -0.15) is 0 Å². The van der Waals surface area contributed by atoms with Crippen molar-refractivity contribution >= 4 is 17.5 Å². The minimum Gasteiger partial charge on any atom is -0.354 e. The Hall–Kier alpha value is -3.29. The largest absolute Gasteiger partial charge is 0.354 e. The average molecular weight is 345 g/mol. The monoisotopic (exact) mass is 345 g/mol. The lowest BCUT2D eigenvalue weighted by molar-refractivity contribution is -0.385. The summed E-state index contributed by atoms with van der Waals surface area (Å²) in [6.45, 7) is 0.232. The number of nitro groups is 1. The normalized spacial score (nSPS) is 10.1. The highest BCUT2D eigenvalue weighted by Crippen LogP contribution is 2.17. The number of hydrogen-bond donors (Lipinski definition) is 2. The van der Waals surface area contributed by atoms with Crippen LogP contribution in [0.4, 0.5) is 10.1 Å². The summed E-state index contributed by atoms with van der Waals surface area (Å²) in [5.74, 6) is -1.61. The summed E-state index contributed by atoms with van der Waals surface area (Å²) in [4.78, 5) is 34.0. The first-order chi connectivity index (χ1) is 12.0. The molecule has 0 aliphatic heterocycles. The van der Waals surface area contributed by atoms with Gasteiger partial charge in [-0.3, -0.25) is 19.7 Å². The molecule has 8 heteroatoms. The van der Waals surface area contributed by atoms with Crippen molar-refractivity contribution in [3.63, 3.8) is 0 Å². The quantitative estimate of drug-likeness (QED) is 0.454. The first kappa shape index (κ1) is 18.1. The third kappa shape index (κ3) is 5.10. The van der Waals surface area contributed by atoms with Crippen LogP contribution >= 0.6 is 0 Å². The minimum atomic E-state index is -0.625. The van der Waals surface area contributed by atoms with Crippen molar-refractivity contribution in [2.75, 3.05) is 13.1 Å². The average Bonchev–Trinajstić information content (AvgIpc) is 2.59. The number of carbonyl (C=O) groups is 2. The second-order valence-corrected chi connectivity index (χ2v) is 5.15. The number of carbonyl (C=O) groups excluding carboxylic acids is 2. The predicted octanol–water partition coefficient (Wildman–Crippen LogP) is 1.82. The molecule has 0 unspecified atom stereocenters. The summed E-state index contributed by atoms with van der Waals surface area (Å²) < 4.78 is 13.4. The SMILES string of the molecule is O=C(Cc1ccccc1[N+](=O)[O-])NCCNC(=O)c1ccccc1F. The number of nitrogens with one attached hydrogen (secondary N) is 2. The van der Waals surface area contributed by atoms with Crippen molar-refractivity contribution in [2.24, 2.45) is 0 Å². The van der Waals surface area contributed by atoms with Crippen LogP contribution in [0.5, 0.6) is 0 Å². The number of nitro benzene ring substituents is 1. The third-order valence-electron chi connectivity index (χ3n) is 3.39. The molecule has 7 nitrogen and oxygen atoms in total. The molecule has 0 saturated heterocycles. The molecule has 2 N–H and O–H groups in total. The van der Waals surface area contributed by atoms with E-state index in [1.165, 1.54) is 36.4 Å². The van der Waals surface area contributed by atoms with E-state index >= 15 is 0 Å². The molecule has 130 valence electrons. The molecular weight excluding hydrogens is 329 g/mol. The molecule has 0 aliphatic rings. The molecule has 0 bridgehead atoms. The van der Waals surface area contributed by atoms with E-state index in [0.717, 1.165) is 0 Å². The first-order valence-corrected chi connectivity index (χ1v) is 7.50. The maximum Gasteiger partial charge on any atom is 0.273 e. The van der Waals surface area contributed by atoms with Gasteiger partial charge in [0.15, 0.2) is 0 Å². The zero-order valence-electron chi connectivity index (χ0n) is 13.2. The van der Waals surface area contributed by atoms with Gasteiger partial charge in [0.2, 0.25) is 5.91 Å². The van der Waals surface area contributed by atoms with E-state index in [-0.39, 0.29) is 30.8 Å². The van der Waals surface area contributed by atoms with Crippen LogP contribution in [-0.2, 0) is 11.2 Å². The summed E-state index contributed by atoms with van der Waals surface area (Å²) in [5, 5.41) is 15.9. The van der Waals surface area contributed by atoms with Gasteiger partial charge in [-0.15, -0.1) is 0 Å². The second kappa shape index (κ2) is 8.53. The summed E-state index contributed by atoms with van der Waals surface area (Å²) >= 11 is 0. The predicted molar refractivity (Wildman–Crippen MR) is 88.5 cm³/mol. The number of benzene rings is 2. The Morgan fingerprint density at radius 2 is 1.64 bits per heavy atom. The van der Waals surface area contributed by atoms with Gasteiger partial charge < -0.3 is 10.6 Å². The van der Waals surface area contributed by atoms with Gasteiger partial charge in [-0.05, 0) is 12.1 Å². The van der Waals surface area contributed by atoms with Gasteiger partial charge in [0.25, 0.3) is 11.6 Å². The van der Waals surface area contributed by atoms with Gasteiger partial charge in [0.05, 0.1) is 16.9 Å². The zero-order chi connectivity index (χ0) is 18.2. The Morgan fingerprint density at radius 3 is 2.36 bits per heavy atom. The van der Waals surface area contributed by atoms with Crippen LogP contribution in [0.15, 0.2) is 48.5 Å². The minimum absolute atomic E-state index is 0.0752. The number of halogens is 1. The van der Waals surface area contributed by atoms with Crippen LogP contribution in [0.1, 0.15) is 15.9 Å². The van der Waals surface area contributed by atoms with Crippen molar-refractivity contribution in [1.29, 1.82) is 0 Å². The summed E-state index contributed by atoms with van der Waals surface area (Å²) in [7, 11) is 0. The number of rotatable bonds is 7. The van der Waals surface area contributed by atoms with E-state index < -0.39 is 22.6 Å². The molecule has 2 aromatic carbocycles. The second-order valence-electron chi connectivity index (χ2n) is 5.15. The Kier molecular flexibility index (Phi) is 6.16. The number of hydrogen-bond acceptors (Lipinski definition) is 4. The maximum absolute atomic E-state index is 13.4. The van der Waals surface area contributed by atoms with E-state index in [0.29, 0.717) is 5.56 Å². The lowest BCUT2D eigenvalue weighted by Crippen LogP contribution is -2.35. The molecule has 0 saturated carbocycles. The van der Waals surface area contributed by atoms with Crippen molar-refractivity contribution < 1.29 is 18.9 Å². The fourth-order valence-electron chi connectivity index (χ4n) is 2.19. The van der Waals surface area contributed by atoms with Crippen molar-refractivity contribution in [3.05, 3.63) is 75.6 Å². The van der Waals surface area contributed by atoms with Crippen molar-refractivity contribution in [1.82, 2.24) is 10.6 Å². The topological polar surface area (TPSA) is 101 Å². The molecule has 0 fully saturated rings. The Labute approximate surface area is 143 Å². The van der Waals surface area contributed by atoms with Gasteiger partial charge in [-0.1, -0.05) is 30.3 Å². The highest BCUT2D eigenvalue weighted by molar-refractivity contribution is 5.94. The smallest absolute Gasteiger partial charge is 0.273 e. The Morgan fingerprint density at radius 1 is 1.00 bits per heavy atom. The lowest BCUT2D eigenvalue weighted by atomic mass is 10.1. The van der Waals surface area contributed by atoms with E-state index in [1.807, 2.05) is 0 Å². The summed E-state index contributed by atoms with van der Waals surface area (Å²) in [6, 6.07) is 11.6. The molecule has 0 radical (unpaired) electrons. The molecule has 0 aliphatic carbocycles. The fraction of sp³-hybridized carbons (Fsp3) is 0.176. The van der Waals surface area contributed by atoms with Crippen molar-refractivity contribution in [2.45, 2.75) is 6.42 Å². The van der Waals surface area contributed by atoms with E-state index in [2.05, 4.69) is 10.6 Å². The van der Waals surface area contributed by atoms with Gasteiger partial charge in [0.1, 0.15) is 5.82 Å². The molecule has 0 aromatic heterocycles. The van der Waals surface area contributed by atoms with Crippen LogP contribution in [0.2, 0.25) is 0 Å². The van der Waals surface area contributed by atoms with E-state index in [1.54, 1.807) is 12.1 Å². The molecule has 2 rings (SSSR count). The van der Waals surface area contributed by atoms with Gasteiger partial charge in [0, 0.05) is 24.7 Å². The molecule has 25 heavy (non-hydrogen) atoms. The molecule has 0 atom stereocenters. The maximum atomic E-state index is 13.4. The van der Waals surface area contributed by atoms with Crippen molar-refractivity contribution in [3.8, 4) is 0 Å². The molecule has 0 heterocycles. The van der Waals surface area contributed by atoms with Gasteiger partial charge >= 0.3 is 0 Å². The first-order valence-electron chi connectivity index (χ1n) is 7.50. The Balaban J connectivity index is 1.79. The third-order valence-corrected chi connectivity index (χ3v) is 3.39. The number of nitrogens with zero attached hydrogens (tertiary/aromatic N) is 1. The Bertz CT molecular complexity index is 795. The summed E-state index contributed by atoms with van der Waals surface area (Å²) in [5.41, 5.74) is 0.111. The van der Waals surface area contributed by atoms with Crippen LogP contribution in [0.3, 0.4) is 0 Å². The van der Waals surface area contributed by atoms with Crippen LogP contribution in [0, 0.1) is 15.9 Å². The number of para-hydroxylation sites is 1. The van der Waals surface area contributed by atoms with Crippen LogP contribution in [-0.4, -0.2) is 29.8 Å². The van der Waals surface area contributed by atoms with E-state index in [4.69, 9.17) is 0 Å². The number of amides is 2. The molecular formula is C17H16FN3O4. The molecule has 0 spiro atoms. The fourth-order valence-corrected chi connectivity index (χ4v) is 2.19. The molecule has 2 amide bonds. The van der Waals surface area contributed by atoms with Crippen LogP contribution < -0.4 is 10.6 Å². The summed E-state index contributed by atoms with van der Waals surface area (Å²) in [6.07, 6.45) is -0.140. The highest BCUT2D eigenvalue weighted by Gasteiger charge is 2.15. The zero-order valence-corrected chi connectivity index (χ0v) is 13.2. The van der Waals surface area contributed by atoms with Gasteiger partial charge in [-0.25, -0.2) is 4.39 Å². The standard InChI is InChI=1S/C17H16FN3O4/c18-14-7-3-2-6-13(14)17(23)20-10-9-19-16(22)11-12-5-1-4-8-15(12)21(24)25/h1-8H,9-11H2,(H,19,22)(H,20,23). The van der Waals surface area contributed by atoms with Crippen LogP contribution in [0.25, 0.3) is 0 Å². The van der Waals surface area contributed by atoms with E-state index in [9.17, 15) is 24.1 Å². The lowest BCUT2D eigenvalue weighted by Gasteiger charge is -2.08.